The number of aromatic nitrogens is 3. The third-order valence-corrected chi connectivity index (χ3v) is 3.89. The molecule has 27 heavy (non-hydrogen) atoms. The molecule has 7 nitrogen and oxygen atoms in total. The molecule has 2 N–H and O–H groups in total. The Kier molecular flexibility index (Phi) is 4.37. The van der Waals surface area contributed by atoms with E-state index in [-0.39, 0.29) is 22.6 Å². The molecule has 0 radical (unpaired) electrons. The summed E-state index contributed by atoms with van der Waals surface area (Å²) in [5, 5.41) is 9.20. The fourth-order valence-corrected chi connectivity index (χ4v) is 2.62. The number of nitriles is 1. The molecule has 0 aliphatic carbocycles. The molecule has 10 heteroatoms. The minimum atomic E-state index is -4.61. The largest absolute Gasteiger partial charge is 0.464 e. The molecule has 2 heterocycles. The molecule has 138 valence electrons. The minimum absolute atomic E-state index is 0.0172. The second kappa shape index (κ2) is 6.53. The number of anilines is 1. The van der Waals surface area contributed by atoms with E-state index in [4.69, 9.17) is 5.73 Å². The molecule has 3 rings (SSSR count). The highest BCUT2D eigenvalue weighted by atomic mass is 19.4. The van der Waals surface area contributed by atoms with Gasteiger partial charge < -0.3 is 19.6 Å². The van der Waals surface area contributed by atoms with Gasteiger partial charge in [-0.2, -0.15) is 18.4 Å². The molecular formula is C17H12F3N5O2. The van der Waals surface area contributed by atoms with Crippen LogP contribution in [-0.2, 0) is 10.9 Å². The van der Waals surface area contributed by atoms with Crippen molar-refractivity contribution in [3.05, 3.63) is 59.9 Å². The van der Waals surface area contributed by atoms with E-state index in [1.54, 1.807) is 0 Å². The number of hydrogen-bond donors (Lipinski definition) is 1. The average molecular weight is 375 g/mol. The van der Waals surface area contributed by atoms with Gasteiger partial charge in [0.05, 0.1) is 41.6 Å². The quantitative estimate of drug-likeness (QED) is 0.710. The number of imidazole rings is 1. The lowest BCUT2D eigenvalue weighted by Crippen LogP contribution is -2.14. The number of nitrogen functional groups attached to an aromatic ring is 1. The van der Waals surface area contributed by atoms with E-state index in [9.17, 15) is 23.2 Å². The van der Waals surface area contributed by atoms with Gasteiger partial charge in [0, 0.05) is 18.6 Å². The van der Waals surface area contributed by atoms with Crippen molar-refractivity contribution in [3.63, 3.8) is 0 Å². The average Bonchev–Trinajstić information content (AvgIpc) is 3.27. The Morgan fingerprint density at radius 1 is 1.33 bits per heavy atom. The van der Waals surface area contributed by atoms with Gasteiger partial charge >= 0.3 is 12.1 Å². The first-order chi connectivity index (χ1) is 12.8. The smallest absolute Gasteiger partial charge is 0.416 e. The van der Waals surface area contributed by atoms with Crippen LogP contribution in [0.5, 0.6) is 0 Å². The molecule has 0 aliphatic heterocycles. The van der Waals surface area contributed by atoms with Gasteiger partial charge in [-0.15, -0.1) is 0 Å². The van der Waals surface area contributed by atoms with Gasteiger partial charge in [-0.1, -0.05) is 0 Å². The Bertz CT molecular complexity index is 1050. The van der Waals surface area contributed by atoms with E-state index in [2.05, 4.69) is 9.72 Å². The molecule has 0 bridgehead atoms. The fourth-order valence-electron chi connectivity index (χ4n) is 2.62. The molecule has 0 aliphatic rings. The summed E-state index contributed by atoms with van der Waals surface area (Å²) >= 11 is 0. The van der Waals surface area contributed by atoms with Crippen LogP contribution < -0.4 is 5.73 Å². The zero-order chi connectivity index (χ0) is 19.8. The Morgan fingerprint density at radius 3 is 2.63 bits per heavy atom. The van der Waals surface area contributed by atoms with Crippen molar-refractivity contribution in [1.29, 1.82) is 5.26 Å². The zero-order valence-corrected chi connectivity index (χ0v) is 13.9. The topological polar surface area (TPSA) is 98.9 Å². The number of benzene rings is 1. The van der Waals surface area contributed by atoms with Crippen LogP contribution in [0.1, 0.15) is 21.6 Å². The van der Waals surface area contributed by atoms with E-state index < -0.39 is 17.7 Å². The van der Waals surface area contributed by atoms with Crippen LogP contribution in [0.15, 0.2) is 43.1 Å². The molecular weight excluding hydrogens is 363 g/mol. The number of carbonyl (C=O) groups is 1. The maximum atomic E-state index is 13.2. The van der Waals surface area contributed by atoms with Crippen molar-refractivity contribution in [3.8, 4) is 17.4 Å². The molecule has 0 fully saturated rings. The summed E-state index contributed by atoms with van der Waals surface area (Å²) in [6, 6.07) is 4.82. The molecule has 0 unspecified atom stereocenters. The van der Waals surface area contributed by atoms with Crippen LogP contribution >= 0.6 is 0 Å². The van der Waals surface area contributed by atoms with Crippen molar-refractivity contribution < 1.29 is 22.7 Å². The van der Waals surface area contributed by atoms with E-state index in [1.807, 2.05) is 6.07 Å². The number of alkyl halides is 3. The number of carbonyl (C=O) groups excluding carboxylic acids is 1. The number of nitrogens with zero attached hydrogens (tertiary/aromatic N) is 4. The van der Waals surface area contributed by atoms with Crippen molar-refractivity contribution in [2.24, 2.45) is 0 Å². The van der Waals surface area contributed by atoms with Gasteiger partial charge in [-0.25, -0.2) is 9.78 Å². The number of rotatable bonds is 3. The fraction of sp³-hybridized carbons (Fsp3) is 0.118. The van der Waals surface area contributed by atoms with Crippen molar-refractivity contribution in [2.45, 2.75) is 6.18 Å². The Hall–Kier alpha value is -3.74. The lowest BCUT2D eigenvalue weighted by molar-refractivity contribution is -0.137. The van der Waals surface area contributed by atoms with Crippen LogP contribution in [0.3, 0.4) is 0 Å². The summed E-state index contributed by atoms with van der Waals surface area (Å²) in [4.78, 5) is 16.0. The Labute approximate surface area is 151 Å². The number of hydrogen-bond acceptors (Lipinski definition) is 5. The lowest BCUT2D eigenvalue weighted by atomic mass is 10.1. The van der Waals surface area contributed by atoms with Crippen LogP contribution in [0.25, 0.3) is 11.4 Å². The van der Waals surface area contributed by atoms with Crippen LogP contribution in [0.4, 0.5) is 18.9 Å². The van der Waals surface area contributed by atoms with Gasteiger partial charge in [0.25, 0.3) is 0 Å². The summed E-state index contributed by atoms with van der Waals surface area (Å²) in [6.07, 6.45) is 0.958. The normalized spacial score (nSPS) is 11.2. The maximum absolute atomic E-state index is 13.2. The molecule has 3 aromatic rings. The first kappa shape index (κ1) is 18.1. The van der Waals surface area contributed by atoms with Gasteiger partial charge in [-0.05, 0) is 18.2 Å². The standard InChI is InChI=1S/C17H12F3N5O2/c1-27-16(26)15-14(22)10(7-21)8-25(15)13-6-11(17(18,19)20)2-3-12(13)24-5-4-23-9-24/h2-6,8-9H,22H2,1H3. The summed E-state index contributed by atoms with van der Waals surface area (Å²) in [6.45, 7) is 0. The molecule has 2 aromatic heterocycles. The Balaban J connectivity index is 2.36. The van der Waals surface area contributed by atoms with E-state index in [1.165, 1.54) is 35.6 Å². The second-order valence-electron chi connectivity index (χ2n) is 5.45. The first-order valence-corrected chi connectivity index (χ1v) is 7.47. The molecule has 0 saturated heterocycles. The summed E-state index contributed by atoms with van der Waals surface area (Å²) in [7, 11) is 1.11. The lowest BCUT2D eigenvalue weighted by Gasteiger charge is -2.16. The number of nitrogens with two attached hydrogens (primary N) is 1. The maximum Gasteiger partial charge on any atom is 0.416 e. The van der Waals surface area contributed by atoms with Crippen molar-refractivity contribution in [1.82, 2.24) is 14.1 Å². The summed E-state index contributed by atoms with van der Waals surface area (Å²) in [5.41, 5.74) is 4.70. The van der Waals surface area contributed by atoms with E-state index >= 15 is 0 Å². The van der Waals surface area contributed by atoms with Crippen molar-refractivity contribution in [2.75, 3.05) is 12.8 Å². The zero-order valence-electron chi connectivity index (χ0n) is 13.9. The minimum Gasteiger partial charge on any atom is -0.464 e. The number of methoxy groups -OCH3 is 1. The highest BCUT2D eigenvalue weighted by Crippen LogP contribution is 2.34. The van der Waals surface area contributed by atoms with E-state index in [0.29, 0.717) is 5.69 Å². The van der Waals surface area contributed by atoms with Crippen LogP contribution in [0, 0.1) is 11.3 Å². The molecule has 0 amide bonds. The number of halogens is 3. The second-order valence-corrected chi connectivity index (χ2v) is 5.45. The van der Waals surface area contributed by atoms with Gasteiger partial charge in [0.2, 0.25) is 0 Å². The summed E-state index contributed by atoms with van der Waals surface area (Å²) < 4.78 is 47.0. The Morgan fingerprint density at radius 2 is 2.07 bits per heavy atom. The van der Waals surface area contributed by atoms with Crippen molar-refractivity contribution >= 4 is 11.7 Å². The summed E-state index contributed by atoms with van der Waals surface area (Å²) in [5.74, 6) is -0.886. The molecule has 1 aromatic carbocycles. The molecule has 0 atom stereocenters. The van der Waals surface area contributed by atoms with Gasteiger partial charge in [-0.3, -0.25) is 0 Å². The predicted octanol–water partition coefficient (Wildman–Crippen LogP) is 2.92. The van der Waals surface area contributed by atoms with Gasteiger partial charge in [0.1, 0.15) is 6.07 Å². The third-order valence-electron chi connectivity index (χ3n) is 3.89. The van der Waals surface area contributed by atoms with E-state index in [0.717, 1.165) is 23.8 Å². The van der Waals surface area contributed by atoms with Gasteiger partial charge in [0.15, 0.2) is 5.69 Å². The number of ether oxygens (including phenoxy) is 1. The van der Waals surface area contributed by atoms with Crippen LogP contribution in [0.2, 0.25) is 0 Å². The number of esters is 1. The molecule has 0 spiro atoms. The third kappa shape index (κ3) is 3.10. The van der Waals surface area contributed by atoms with Crippen LogP contribution in [-0.4, -0.2) is 27.2 Å². The SMILES string of the molecule is COC(=O)c1c(N)c(C#N)cn1-c1cc(C(F)(F)F)ccc1-n1ccnc1. The predicted molar refractivity (Wildman–Crippen MR) is 88.4 cm³/mol. The monoisotopic (exact) mass is 375 g/mol. The highest BCUT2D eigenvalue weighted by Gasteiger charge is 2.32. The highest BCUT2D eigenvalue weighted by molar-refractivity contribution is 5.96. The first-order valence-electron chi connectivity index (χ1n) is 7.47. The molecule has 0 saturated carbocycles.